The highest BCUT2D eigenvalue weighted by atomic mass is 35.5. The fraction of sp³-hybridized carbons (Fsp3) is 0.478. The lowest BCUT2D eigenvalue weighted by Gasteiger charge is -2.41. The molecule has 4 rings (SSSR count). The minimum atomic E-state index is -1.45. The van der Waals surface area contributed by atoms with Crippen molar-refractivity contribution in [3.63, 3.8) is 0 Å². The maximum atomic E-state index is 10.7. The van der Waals surface area contributed by atoms with Gasteiger partial charge in [0.05, 0.1) is 25.3 Å². The van der Waals surface area contributed by atoms with Crippen molar-refractivity contribution in [3.8, 4) is 11.5 Å². The molecule has 0 amide bonds. The molecule has 5 atom stereocenters. The maximum absolute atomic E-state index is 10.7. The van der Waals surface area contributed by atoms with Crippen molar-refractivity contribution in [3.05, 3.63) is 57.6 Å². The van der Waals surface area contributed by atoms with Gasteiger partial charge in [-0.2, -0.15) is 0 Å². The van der Waals surface area contributed by atoms with Crippen LogP contribution in [0.4, 0.5) is 0 Å². The summed E-state index contributed by atoms with van der Waals surface area (Å²) in [6.45, 7) is 0.0548. The summed E-state index contributed by atoms with van der Waals surface area (Å²) in [5, 5.41) is 41.2. The van der Waals surface area contributed by atoms with Crippen LogP contribution < -0.4 is 9.47 Å². The summed E-state index contributed by atoms with van der Waals surface area (Å²) < 4.78 is 16.9. The molecule has 1 saturated heterocycles. The van der Waals surface area contributed by atoms with Gasteiger partial charge in [0.2, 0.25) is 0 Å². The fourth-order valence-corrected chi connectivity index (χ4v) is 4.57. The molecule has 5 unspecified atom stereocenters. The first kappa shape index (κ1) is 22.3. The highest BCUT2D eigenvalue weighted by Gasteiger charge is 2.45. The minimum Gasteiger partial charge on any atom is -0.497 e. The Hall–Kier alpha value is -1.87. The maximum Gasteiger partial charge on any atom is 0.141 e. The molecule has 0 spiro atoms. The molecular formula is C23H27ClO7. The minimum absolute atomic E-state index is 0.480. The summed E-state index contributed by atoms with van der Waals surface area (Å²) >= 11 is 6.71. The molecule has 2 aliphatic heterocycles. The molecule has 7 nitrogen and oxygen atoms in total. The van der Waals surface area contributed by atoms with Gasteiger partial charge in [0.1, 0.15) is 42.0 Å². The lowest BCUT2D eigenvalue weighted by atomic mass is 9.85. The van der Waals surface area contributed by atoms with E-state index in [9.17, 15) is 20.4 Å². The number of aliphatic hydroxyl groups excluding tert-OH is 4. The van der Waals surface area contributed by atoms with Crippen LogP contribution in [0.2, 0.25) is 5.02 Å². The average molecular weight is 451 g/mol. The second-order valence-corrected chi connectivity index (χ2v) is 8.35. The Bertz CT molecular complexity index is 915. The van der Waals surface area contributed by atoms with Gasteiger partial charge in [-0.25, -0.2) is 0 Å². The number of methoxy groups -OCH3 is 1. The number of ether oxygens (including phenoxy) is 3. The molecule has 0 radical (unpaired) electrons. The van der Waals surface area contributed by atoms with Crippen molar-refractivity contribution in [1.82, 2.24) is 0 Å². The van der Waals surface area contributed by atoms with Gasteiger partial charge < -0.3 is 34.6 Å². The molecule has 168 valence electrons. The Balaban J connectivity index is 1.75. The van der Waals surface area contributed by atoms with Crippen LogP contribution in [0.15, 0.2) is 30.3 Å². The Morgan fingerprint density at radius 2 is 1.84 bits per heavy atom. The van der Waals surface area contributed by atoms with E-state index >= 15 is 0 Å². The Morgan fingerprint density at radius 3 is 2.52 bits per heavy atom. The van der Waals surface area contributed by atoms with Crippen molar-refractivity contribution in [2.75, 3.05) is 20.3 Å². The van der Waals surface area contributed by atoms with E-state index in [0.717, 1.165) is 28.9 Å². The summed E-state index contributed by atoms with van der Waals surface area (Å²) in [7, 11) is 1.61. The molecule has 0 aromatic heterocycles. The first-order valence-corrected chi connectivity index (χ1v) is 10.7. The van der Waals surface area contributed by atoms with Gasteiger partial charge >= 0.3 is 0 Å². The van der Waals surface area contributed by atoms with Gasteiger partial charge in [0.25, 0.3) is 0 Å². The van der Waals surface area contributed by atoms with Crippen LogP contribution >= 0.6 is 11.6 Å². The normalized spacial score (nSPS) is 28.0. The number of aliphatic hydroxyl groups is 4. The molecule has 2 aromatic rings. The Labute approximate surface area is 185 Å². The largest absolute Gasteiger partial charge is 0.497 e. The molecule has 2 heterocycles. The standard InChI is InChI=1S/C23H27ClO7/c1-29-14-6-4-12(5-7-14)9-13-10-16(15-3-2-8-30-22(15)18(13)24)23-21(28)20(27)19(26)17(11-25)31-23/h4-7,10,17,19-21,23,25-28H,2-3,8-9,11H2,1H3. The second-order valence-electron chi connectivity index (χ2n) is 7.97. The number of hydrogen-bond donors (Lipinski definition) is 4. The molecule has 31 heavy (non-hydrogen) atoms. The van der Waals surface area contributed by atoms with E-state index in [0.29, 0.717) is 35.8 Å². The third-order valence-corrected chi connectivity index (χ3v) is 6.42. The zero-order valence-corrected chi connectivity index (χ0v) is 18.0. The molecule has 8 heteroatoms. The van der Waals surface area contributed by atoms with Crippen molar-refractivity contribution < 1.29 is 34.6 Å². The molecular weight excluding hydrogens is 424 g/mol. The molecule has 0 saturated carbocycles. The van der Waals surface area contributed by atoms with E-state index < -0.39 is 37.1 Å². The summed E-state index contributed by atoms with van der Waals surface area (Å²) in [6, 6.07) is 9.51. The number of benzene rings is 2. The van der Waals surface area contributed by atoms with Gasteiger partial charge in [0, 0.05) is 5.56 Å². The summed E-state index contributed by atoms with van der Waals surface area (Å²) in [5.74, 6) is 1.32. The summed E-state index contributed by atoms with van der Waals surface area (Å²) in [5.41, 5.74) is 3.27. The highest BCUT2D eigenvalue weighted by molar-refractivity contribution is 6.33. The van der Waals surface area contributed by atoms with Crippen LogP contribution in [0.5, 0.6) is 11.5 Å². The molecule has 2 aliphatic rings. The van der Waals surface area contributed by atoms with Crippen molar-refractivity contribution in [2.45, 2.75) is 49.8 Å². The van der Waals surface area contributed by atoms with E-state index in [-0.39, 0.29) is 0 Å². The van der Waals surface area contributed by atoms with Gasteiger partial charge in [-0.1, -0.05) is 29.8 Å². The van der Waals surface area contributed by atoms with E-state index in [1.807, 2.05) is 30.3 Å². The highest BCUT2D eigenvalue weighted by Crippen LogP contribution is 2.44. The van der Waals surface area contributed by atoms with E-state index in [1.54, 1.807) is 7.11 Å². The topological polar surface area (TPSA) is 109 Å². The van der Waals surface area contributed by atoms with Crippen molar-refractivity contribution in [1.29, 1.82) is 0 Å². The van der Waals surface area contributed by atoms with Gasteiger partial charge in [-0.15, -0.1) is 0 Å². The fourth-order valence-electron chi connectivity index (χ4n) is 4.28. The number of hydrogen-bond acceptors (Lipinski definition) is 7. The SMILES string of the molecule is COc1ccc(Cc2cc(C3OC(CO)C(O)C(O)C3O)c3c(c2Cl)OCCC3)cc1. The zero-order valence-electron chi connectivity index (χ0n) is 17.2. The first-order chi connectivity index (χ1) is 14.9. The smallest absolute Gasteiger partial charge is 0.141 e. The third-order valence-electron chi connectivity index (χ3n) is 6.00. The molecule has 0 aliphatic carbocycles. The van der Waals surface area contributed by atoms with Crippen LogP contribution in [0, 0.1) is 0 Å². The van der Waals surface area contributed by atoms with E-state index in [4.69, 9.17) is 25.8 Å². The van der Waals surface area contributed by atoms with Gasteiger partial charge in [-0.3, -0.25) is 0 Å². The predicted molar refractivity (Wildman–Crippen MR) is 114 cm³/mol. The van der Waals surface area contributed by atoms with Crippen LogP contribution in [-0.4, -0.2) is 65.2 Å². The average Bonchev–Trinajstić information content (AvgIpc) is 2.80. The van der Waals surface area contributed by atoms with Gasteiger partial charge in [0.15, 0.2) is 0 Å². The number of fused-ring (bicyclic) bond motifs is 1. The van der Waals surface area contributed by atoms with E-state index in [1.165, 1.54) is 0 Å². The van der Waals surface area contributed by atoms with Crippen LogP contribution in [0.25, 0.3) is 0 Å². The predicted octanol–water partition coefficient (Wildman–Crippen LogP) is 1.78. The molecule has 4 N–H and O–H groups in total. The van der Waals surface area contributed by atoms with Crippen molar-refractivity contribution in [2.24, 2.45) is 0 Å². The molecule has 0 bridgehead atoms. The summed E-state index contributed by atoms with van der Waals surface area (Å²) in [6.07, 6.45) is -4.15. The lowest BCUT2D eigenvalue weighted by Crippen LogP contribution is -2.55. The third kappa shape index (κ3) is 4.26. The van der Waals surface area contributed by atoms with Crippen LogP contribution in [0.3, 0.4) is 0 Å². The zero-order chi connectivity index (χ0) is 22.1. The monoisotopic (exact) mass is 450 g/mol. The van der Waals surface area contributed by atoms with Gasteiger partial charge in [-0.05, 0) is 48.1 Å². The van der Waals surface area contributed by atoms with Crippen molar-refractivity contribution >= 4 is 11.6 Å². The number of halogens is 1. The second kappa shape index (κ2) is 9.32. The lowest BCUT2D eigenvalue weighted by molar-refractivity contribution is -0.232. The summed E-state index contributed by atoms with van der Waals surface area (Å²) in [4.78, 5) is 0. The van der Waals surface area contributed by atoms with Crippen LogP contribution in [0.1, 0.15) is 34.8 Å². The van der Waals surface area contributed by atoms with E-state index in [2.05, 4.69) is 0 Å². The molecule has 1 fully saturated rings. The quantitative estimate of drug-likeness (QED) is 0.549. The first-order valence-electron chi connectivity index (χ1n) is 10.3. The Morgan fingerprint density at radius 1 is 1.10 bits per heavy atom. The van der Waals surface area contributed by atoms with Crippen LogP contribution in [-0.2, 0) is 17.6 Å². The Kier molecular flexibility index (Phi) is 6.71. The molecule has 2 aromatic carbocycles. The number of rotatable bonds is 5.